The molecule has 1 fully saturated rings. The number of aromatic nitrogens is 1. The topological polar surface area (TPSA) is 38.9 Å². The molecule has 2 nitrogen and oxygen atoms in total. The third-order valence-electron chi connectivity index (χ3n) is 4.10. The van der Waals surface area contributed by atoms with Crippen LogP contribution in [-0.2, 0) is 12.0 Å². The Hall–Kier alpha value is -1.19. The van der Waals surface area contributed by atoms with E-state index in [1.54, 1.807) is 11.3 Å². The molecule has 0 aliphatic heterocycles. The average molecular weight is 272 g/mol. The minimum absolute atomic E-state index is 0.142. The van der Waals surface area contributed by atoms with Gasteiger partial charge in [0.1, 0.15) is 5.01 Å². The minimum atomic E-state index is -0.142. The van der Waals surface area contributed by atoms with E-state index in [4.69, 9.17) is 10.7 Å². The first kappa shape index (κ1) is 12.8. The summed E-state index contributed by atoms with van der Waals surface area (Å²) in [6, 6.07) is 8.73. The smallest absolute Gasteiger partial charge is 0.113 e. The van der Waals surface area contributed by atoms with Crippen molar-refractivity contribution in [1.29, 1.82) is 0 Å². The molecule has 0 radical (unpaired) electrons. The highest BCUT2D eigenvalue weighted by atomic mass is 32.1. The van der Waals surface area contributed by atoms with Crippen LogP contribution in [0.2, 0.25) is 0 Å². The molecular weight excluding hydrogens is 252 g/mol. The number of aryl methyl sites for hydroxylation is 2. The zero-order chi connectivity index (χ0) is 13.5. The lowest BCUT2D eigenvalue weighted by molar-refractivity contribution is 0.253. The van der Waals surface area contributed by atoms with Crippen LogP contribution in [0.3, 0.4) is 0 Å². The van der Waals surface area contributed by atoms with Crippen molar-refractivity contribution < 1.29 is 0 Å². The molecule has 1 aliphatic rings. The monoisotopic (exact) mass is 272 g/mol. The van der Waals surface area contributed by atoms with Crippen molar-refractivity contribution in [3.8, 4) is 11.3 Å². The van der Waals surface area contributed by atoms with E-state index in [1.807, 2.05) is 0 Å². The van der Waals surface area contributed by atoms with Crippen molar-refractivity contribution in [3.63, 3.8) is 0 Å². The van der Waals surface area contributed by atoms with Gasteiger partial charge in [-0.1, -0.05) is 31.2 Å². The lowest BCUT2D eigenvalue weighted by atomic mass is 9.78. The van der Waals surface area contributed by atoms with Gasteiger partial charge in [0, 0.05) is 10.4 Å². The number of benzene rings is 1. The van der Waals surface area contributed by atoms with Gasteiger partial charge in [-0.2, -0.15) is 0 Å². The van der Waals surface area contributed by atoms with Crippen molar-refractivity contribution in [2.24, 2.45) is 5.73 Å². The van der Waals surface area contributed by atoms with Gasteiger partial charge >= 0.3 is 0 Å². The molecule has 1 heterocycles. The average Bonchev–Trinajstić information content (AvgIpc) is 2.78. The Morgan fingerprint density at radius 2 is 1.95 bits per heavy atom. The zero-order valence-electron chi connectivity index (χ0n) is 11.6. The number of rotatable bonds is 3. The Morgan fingerprint density at radius 3 is 2.47 bits per heavy atom. The van der Waals surface area contributed by atoms with Crippen molar-refractivity contribution in [3.05, 3.63) is 39.7 Å². The zero-order valence-corrected chi connectivity index (χ0v) is 12.4. The third-order valence-corrected chi connectivity index (χ3v) is 5.29. The molecule has 0 bridgehead atoms. The fourth-order valence-corrected chi connectivity index (χ4v) is 3.64. The predicted octanol–water partition coefficient (Wildman–Crippen LogP) is 4.02. The van der Waals surface area contributed by atoms with Crippen LogP contribution >= 0.6 is 11.3 Å². The molecule has 100 valence electrons. The van der Waals surface area contributed by atoms with Gasteiger partial charge in [-0.3, -0.25) is 0 Å². The molecular formula is C16H20N2S. The standard InChI is InChI=1S/C16H20N2S/c1-3-12-5-7-13(8-6-12)14-11(2)19-15(18-14)16(17)9-4-10-16/h5-8H,3-4,9-10,17H2,1-2H3. The SMILES string of the molecule is CCc1ccc(-c2nc(C3(N)CCC3)sc2C)cc1. The second-order valence-electron chi connectivity index (χ2n) is 5.48. The molecule has 0 saturated heterocycles. The Balaban J connectivity index is 1.95. The fourth-order valence-electron chi connectivity index (χ4n) is 2.55. The molecule has 0 atom stereocenters. The number of nitrogens with two attached hydrogens (primary N) is 1. The van der Waals surface area contributed by atoms with E-state index in [0.29, 0.717) is 0 Å². The Kier molecular flexibility index (Phi) is 3.19. The van der Waals surface area contributed by atoms with E-state index < -0.39 is 0 Å². The van der Waals surface area contributed by atoms with Gasteiger partial charge in [0.2, 0.25) is 0 Å². The first-order chi connectivity index (χ1) is 9.12. The van der Waals surface area contributed by atoms with Gasteiger partial charge in [0.15, 0.2) is 0 Å². The van der Waals surface area contributed by atoms with E-state index in [9.17, 15) is 0 Å². The summed E-state index contributed by atoms with van der Waals surface area (Å²) in [5, 5.41) is 1.12. The van der Waals surface area contributed by atoms with Gasteiger partial charge < -0.3 is 5.73 Å². The highest BCUT2D eigenvalue weighted by Gasteiger charge is 2.37. The second kappa shape index (κ2) is 4.73. The summed E-state index contributed by atoms with van der Waals surface area (Å²) in [5.41, 5.74) is 9.92. The Bertz CT molecular complexity index is 579. The maximum absolute atomic E-state index is 6.38. The summed E-state index contributed by atoms with van der Waals surface area (Å²) in [6.07, 6.45) is 4.46. The summed E-state index contributed by atoms with van der Waals surface area (Å²) >= 11 is 1.77. The first-order valence-corrected chi connectivity index (χ1v) is 7.80. The number of nitrogens with zero attached hydrogens (tertiary/aromatic N) is 1. The van der Waals surface area contributed by atoms with Crippen LogP contribution in [0.1, 0.15) is 41.6 Å². The normalized spacial score (nSPS) is 17.2. The van der Waals surface area contributed by atoms with E-state index in [2.05, 4.69) is 38.1 Å². The highest BCUT2D eigenvalue weighted by Crippen LogP contribution is 2.42. The van der Waals surface area contributed by atoms with Gasteiger partial charge in [-0.25, -0.2) is 4.98 Å². The van der Waals surface area contributed by atoms with Gasteiger partial charge in [0.05, 0.1) is 11.2 Å². The molecule has 0 spiro atoms. The second-order valence-corrected chi connectivity index (χ2v) is 6.69. The van der Waals surface area contributed by atoms with Crippen molar-refractivity contribution in [2.75, 3.05) is 0 Å². The van der Waals surface area contributed by atoms with Crippen LogP contribution in [0, 0.1) is 6.92 Å². The van der Waals surface area contributed by atoms with Crippen molar-refractivity contribution in [2.45, 2.75) is 45.1 Å². The van der Waals surface area contributed by atoms with Gasteiger partial charge in [-0.15, -0.1) is 11.3 Å². The molecule has 1 aromatic heterocycles. The third kappa shape index (κ3) is 2.21. The highest BCUT2D eigenvalue weighted by molar-refractivity contribution is 7.12. The van der Waals surface area contributed by atoms with Gasteiger partial charge in [-0.05, 0) is 38.2 Å². The lowest BCUT2D eigenvalue weighted by Crippen LogP contribution is -2.43. The van der Waals surface area contributed by atoms with E-state index in [-0.39, 0.29) is 5.54 Å². The Morgan fingerprint density at radius 1 is 1.26 bits per heavy atom. The molecule has 1 aliphatic carbocycles. The summed E-state index contributed by atoms with van der Waals surface area (Å²) in [4.78, 5) is 6.10. The first-order valence-electron chi connectivity index (χ1n) is 6.98. The summed E-state index contributed by atoms with van der Waals surface area (Å²) in [6.45, 7) is 4.32. The molecule has 0 amide bonds. The lowest BCUT2D eigenvalue weighted by Gasteiger charge is -2.35. The van der Waals surface area contributed by atoms with Crippen LogP contribution < -0.4 is 5.73 Å². The van der Waals surface area contributed by atoms with Crippen LogP contribution in [0.25, 0.3) is 11.3 Å². The summed E-state index contributed by atoms with van der Waals surface area (Å²) in [7, 11) is 0. The van der Waals surface area contributed by atoms with Crippen molar-refractivity contribution in [1.82, 2.24) is 4.98 Å². The van der Waals surface area contributed by atoms with Crippen LogP contribution in [0.5, 0.6) is 0 Å². The molecule has 3 rings (SSSR count). The van der Waals surface area contributed by atoms with Crippen LogP contribution in [0.4, 0.5) is 0 Å². The number of thiazole rings is 1. The summed E-state index contributed by atoms with van der Waals surface area (Å²) in [5.74, 6) is 0. The molecule has 19 heavy (non-hydrogen) atoms. The Labute approximate surface area is 118 Å². The van der Waals surface area contributed by atoms with E-state index in [0.717, 1.165) is 30.0 Å². The quantitative estimate of drug-likeness (QED) is 0.916. The van der Waals surface area contributed by atoms with E-state index in [1.165, 1.54) is 22.4 Å². The minimum Gasteiger partial charge on any atom is -0.319 e. The molecule has 2 aromatic rings. The summed E-state index contributed by atoms with van der Waals surface area (Å²) < 4.78 is 0. The maximum Gasteiger partial charge on any atom is 0.113 e. The van der Waals surface area contributed by atoms with Gasteiger partial charge in [0.25, 0.3) is 0 Å². The van der Waals surface area contributed by atoms with Crippen molar-refractivity contribution >= 4 is 11.3 Å². The molecule has 0 unspecified atom stereocenters. The maximum atomic E-state index is 6.38. The van der Waals surface area contributed by atoms with E-state index >= 15 is 0 Å². The van der Waals surface area contributed by atoms with Crippen LogP contribution in [-0.4, -0.2) is 4.98 Å². The fraction of sp³-hybridized carbons (Fsp3) is 0.438. The van der Waals surface area contributed by atoms with Crippen LogP contribution in [0.15, 0.2) is 24.3 Å². The molecule has 3 heteroatoms. The number of hydrogen-bond donors (Lipinski definition) is 1. The number of hydrogen-bond acceptors (Lipinski definition) is 3. The molecule has 1 saturated carbocycles. The molecule has 2 N–H and O–H groups in total. The predicted molar refractivity (Wildman–Crippen MR) is 81.4 cm³/mol. The molecule has 1 aromatic carbocycles. The largest absolute Gasteiger partial charge is 0.319 e.